The van der Waals surface area contributed by atoms with E-state index in [1.807, 2.05) is 22.8 Å². The molecular formula is C25H31FN10O2. The van der Waals surface area contributed by atoms with Crippen molar-refractivity contribution in [3.63, 3.8) is 0 Å². The van der Waals surface area contributed by atoms with Gasteiger partial charge in [-0.15, -0.1) is 0 Å². The van der Waals surface area contributed by atoms with Gasteiger partial charge in [0.2, 0.25) is 29.7 Å². The molecule has 6 rings (SSSR count). The molecule has 1 amide bonds. The number of amides is 1. The fourth-order valence-electron chi connectivity index (χ4n) is 5.30. The van der Waals surface area contributed by atoms with E-state index in [4.69, 9.17) is 9.97 Å². The Kier molecular flexibility index (Phi) is 6.30. The van der Waals surface area contributed by atoms with Gasteiger partial charge >= 0.3 is 0 Å². The fraction of sp³-hybridized carbons (Fsp3) is 0.520. The number of hydrogen-bond donors (Lipinski definition) is 4. The minimum absolute atomic E-state index is 0.00341. The van der Waals surface area contributed by atoms with Crippen molar-refractivity contribution in [2.24, 2.45) is 0 Å². The number of aliphatic hydroxyl groups is 1. The molecule has 0 aromatic carbocycles. The van der Waals surface area contributed by atoms with Crippen molar-refractivity contribution in [3.05, 3.63) is 36.0 Å². The molecule has 0 unspecified atom stereocenters. The lowest BCUT2D eigenvalue weighted by atomic mass is 9.97. The molecule has 13 heteroatoms. The van der Waals surface area contributed by atoms with Crippen LogP contribution in [0, 0.1) is 5.95 Å². The predicted molar refractivity (Wildman–Crippen MR) is 139 cm³/mol. The second kappa shape index (κ2) is 9.78. The number of anilines is 5. The lowest BCUT2D eigenvalue weighted by molar-refractivity contribution is -0.120. The first kappa shape index (κ1) is 24.5. The quantitative estimate of drug-likeness (QED) is 0.325. The van der Waals surface area contributed by atoms with Crippen LogP contribution in [0.3, 0.4) is 0 Å². The Bertz CT molecular complexity index is 1310. The van der Waals surface area contributed by atoms with Crippen molar-refractivity contribution in [1.29, 1.82) is 0 Å². The Balaban J connectivity index is 1.32. The molecule has 2 saturated heterocycles. The molecule has 3 fully saturated rings. The Labute approximate surface area is 219 Å². The van der Waals surface area contributed by atoms with E-state index in [9.17, 15) is 14.3 Å². The Morgan fingerprint density at radius 3 is 2.79 bits per heavy atom. The number of carbonyl (C=O) groups is 1. The van der Waals surface area contributed by atoms with Crippen molar-refractivity contribution in [2.75, 3.05) is 40.1 Å². The van der Waals surface area contributed by atoms with Gasteiger partial charge in [-0.25, -0.2) is 4.98 Å². The van der Waals surface area contributed by atoms with Crippen LogP contribution in [0.15, 0.2) is 24.4 Å². The number of H-pyrrole nitrogens is 1. The van der Waals surface area contributed by atoms with Gasteiger partial charge in [-0.1, -0.05) is 0 Å². The summed E-state index contributed by atoms with van der Waals surface area (Å²) in [5, 5.41) is 23.4. The van der Waals surface area contributed by atoms with E-state index in [2.05, 4.69) is 30.8 Å². The van der Waals surface area contributed by atoms with Crippen LogP contribution in [0.4, 0.5) is 33.7 Å². The molecule has 0 spiro atoms. The van der Waals surface area contributed by atoms with Crippen molar-refractivity contribution in [3.8, 4) is 0 Å². The second-order valence-electron chi connectivity index (χ2n) is 10.4. The third kappa shape index (κ3) is 4.73. The summed E-state index contributed by atoms with van der Waals surface area (Å²) < 4.78 is 13.3. The minimum atomic E-state index is -0.947. The summed E-state index contributed by atoms with van der Waals surface area (Å²) in [6.45, 7) is 3.15. The van der Waals surface area contributed by atoms with Crippen molar-refractivity contribution in [2.45, 2.75) is 62.9 Å². The summed E-state index contributed by atoms with van der Waals surface area (Å²) in [5.74, 6) is 1.41. The lowest BCUT2D eigenvalue weighted by Crippen LogP contribution is -2.52. The highest BCUT2D eigenvalue weighted by Crippen LogP contribution is 2.40. The first-order chi connectivity index (χ1) is 18.4. The number of hydrogen-bond acceptors (Lipinski definition) is 10. The monoisotopic (exact) mass is 522 g/mol. The van der Waals surface area contributed by atoms with Crippen molar-refractivity contribution >= 4 is 35.3 Å². The minimum Gasteiger partial charge on any atom is -0.394 e. The molecule has 1 saturated carbocycles. The smallest absolute Gasteiger partial charge is 0.250 e. The molecule has 2 atom stereocenters. The summed E-state index contributed by atoms with van der Waals surface area (Å²) in [7, 11) is 0. The van der Waals surface area contributed by atoms with Gasteiger partial charge in [0.25, 0.3) is 0 Å². The number of aromatic amines is 1. The zero-order valence-corrected chi connectivity index (χ0v) is 21.2. The fourth-order valence-corrected chi connectivity index (χ4v) is 5.30. The van der Waals surface area contributed by atoms with Gasteiger partial charge in [0.05, 0.1) is 24.5 Å². The van der Waals surface area contributed by atoms with Gasteiger partial charge in [0, 0.05) is 30.8 Å². The molecule has 4 N–H and O–H groups in total. The average Bonchev–Trinajstić information content (AvgIpc) is 3.28. The number of halogens is 1. The summed E-state index contributed by atoms with van der Waals surface area (Å²) in [6, 6.07) is 4.58. The van der Waals surface area contributed by atoms with Gasteiger partial charge in [-0.05, 0) is 57.6 Å². The molecule has 0 radical (unpaired) electrons. The highest BCUT2D eigenvalue weighted by molar-refractivity contribution is 6.00. The first-order valence-electron chi connectivity index (χ1n) is 13.1. The molecule has 3 aromatic heterocycles. The molecule has 3 aromatic rings. The molecule has 200 valence electrons. The van der Waals surface area contributed by atoms with E-state index in [-0.39, 0.29) is 18.6 Å². The summed E-state index contributed by atoms with van der Waals surface area (Å²) in [5.41, 5.74) is 0.550. The van der Waals surface area contributed by atoms with E-state index in [1.54, 1.807) is 0 Å². The van der Waals surface area contributed by atoms with E-state index < -0.39 is 11.5 Å². The molecular weight excluding hydrogens is 491 g/mol. The van der Waals surface area contributed by atoms with Crippen LogP contribution in [0.25, 0.3) is 0 Å². The Morgan fingerprint density at radius 1 is 1.18 bits per heavy atom. The Morgan fingerprint density at radius 2 is 2.03 bits per heavy atom. The Hall–Kier alpha value is -3.87. The highest BCUT2D eigenvalue weighted by Gasteiger charge is 2.45. The number of pyridine rings is 1. The molecule has 38 heavy (non-hydrogen) atoms. The maximum atomic E-state index is 13.5. The summed E-state index contributed by atoms with van der Waals surface area (Å²) in [6.07, 6.45) is 6.73. The zero-order valence-electron chi connectivity index (χ0n) is 21.2. The number of rotatable bonds is 8. The topological polar surface area (TPSA) is 148 Å². The SMILES string of the molecule is C[C@@]1(C(=O)Nc2ccc(F)nc2)CCCN1c1nc(Nc2cc(C3CC3)[nH]n2)nc(N2CCC[C@H]2CO)n1. The molecule has 3 aliphatic rings. The highest BCUT2D eigenvalue weighted by atomic mass is 19.1. The lowest BCUT2D eigenvalue weighted by Gasteiger charge is -2.34. The zero-order chi connectivity index (χ0) is 26.3. The molecule has 2 aliphatic heterocycles. The summed E-state index contributed by atoms with van der Waals surface area (Å²) in [4.78, 5) is 35.2. The van der Waals surface area contributed by atoms with Gasteiger partial charge in [0.15, 0.2) is 5.82 Å². The van der Waals surface area contributed by atoms with E-state index in [1.165, 1.54) is 18.3 Å². The van der Waals surface area contributed by atoms with Gasteiger partial charge in [0.1, 0.15) is 5.54 Å². The molecule has 5 heterocycles. The number of nitrogens with one attached hydrogen (secondary N) is 3. The third-order valence-corrected chi connectivity index (χ3v) is 7.67. The van der Waals surface area contributed by atoms with Gasteiger partial charge in [-0.3, -0.25) is 9.89 Å². The van der Waals surface area contributed by atoms with Crippen LogP contribution in [-0.2, 0) is 4.79 Å². The van der Waals surface area contributed by atoms with Gasteiger partial charge in [-0.2, -0.15) is 24.4 Å². The largest absolute Gasteiger partial charge is 0.394 e. The predicted octanol–water partition coefficient (Wildman–Crippen LogP) is 2.71. The number of carbonyl (C=O) groups excluding carboxylic acids is 1. The summed E-state index contributed by atoms with van der Waals surface area (Å²) >= 11 is 0. The van der Waals surface area contributed by atoms with Crippen LogP contribution in [0.5, 0.6) is 0 Å². The van der Waals surface area contributed by atoms with E-state index in [0.717, 1.165) is 44.3 Å². The van der Waals surface area contributed by atoms with Crippen LogP contribution in [0.2, 0.25) is 0 Å². The van der Waals surface area contributed by atoms with Crippen LogP contribution in [0.1, 0.15) is 57.1 Å². The third-order valence-electron chi connectivity index (χ3n) is 7.67. The standard InChI is InChI=1S/C25H31FN10O2/c1-25(21(38)28-16-7-8-19(26)27-13-16)9-3-11-36(25)24-31-22(29-20-12-18(33-34-20)15-5-6-15)30-23(32-24)35-10-2-4-17(35)14-37/h7-8,12-13,15,17,37H,2-6,9-11,14H2,1H3,(H,28,38)(H2,29,30,31,32,33,34)/t17-,25-/m0/s1. The van der Waals surface area contributed by atoms with E-state index in [0.29, 0.717) is 48.2 Å². The molecule has 1 aliphatic carbocycles. The van der Waals surface area contributed by atoms with Crippen LogP contribution >= 0.6 is 0 Å². The van der Waals surface area contributed by atoms with Crippen molar-refractivity contribution < 1.29 is 14.3 Å². The normalized spacial score (nSPS) is 23.2. The van der Waals surface area contributed by atoms with Crippen molar-refractivity contribution in [1.82, 2.24) is 30.1 Å². The van der Waals surface area contributed by atoms with Crippen LogP contribution in [-0.4, -0.2) is 72.4 Å². The maximum absolute atomic E-state index is 13.5. The molecule has 12 nitrogen and oxygen atoms in total. The first-order valence-corrected chi connectivity index (χ1v) is 13.1. The number of aliphatic hydroxyl groups excluding tert-OH is 1. The van der Waals surface area contributed by atoms with E-state index >= 15 is 0 Å². The number of nitrogens with zero attached hydrogens (tertiary/aromatic N) is 7. The molecule has 0 bridgehead atoms. The number of aromatic nitrogens is 6. The van der Waals surface area contributed by atoms with Crippen LogP contribution < -0.4 is 20.4 Å². The van der Waals surface area contributed by atoms with Gasteiger partial charge < -0.3 is 25.5 Å². The second-order valence-corrected chi connectivity index (χ2v) is 10.4. The maximum Gasteiger partial charge on any atom is 0.250 e. The average molecular weight is 523 g/mol.